The molecular formula is C26H32ClN5O3S. The molecule has 0 aliphatic rings. The molecule has 2 aromatic rings. The Hall–Kier alpha value is -3.40. The number of aliphatic imine (C=N–C) groups is 1. The van der Waals surface area contributed by atoms with Gasteiger partial charge in [-0.2, -0.15) is 0 Å². The summed E-state index contributed by atoms with van der Waals surface area (Å²) in [7, 11) is -1.50. The number of sulfone groups is 1. The molecule has 0 radical (unpaired) electrons. The Balaban J connectivity index is 2.16. The van der Waals surface area contributed by atoms with Crippen LogP contribution in [0.25, 0.3) is 11.3 Å². The summed E-state index contributed by atoms with van der Waals surface area (Å²) in [5.41, 5.74) is 9.50. The van der Waals surface area contributed by atoms with Crippen LogP contribution in [-0.4, -0.2) is 32.8 Å². The molecule has 0 fully saturated rings. The number of nitrogens with two attached hydrogens (primary N) is 2. The van der Waals surface area contributed by atoms with E-state index in [-0.39, 0.29) is 22.2 Å². The Kier molecular flexibility index (Phi) is 10.0. The van der Waals surface area contributed by atoms with Crippen molar-refractivity contribution in [1.82, 2.24) is 5.32 Å². The molecule has 0 unspecified atom stereocenters. The van der Waals surface area contributed by atoms with Crippen molar-refractivity contribution in [3.05, 3.63) is 88.7 Å². The number of halogens is 1. The lowest BCUT2D eigenvalue weighted by atomic mass is 10.1. The number of ether oxygens (including phenoxy) is 1. The molecule has 0 spiro atoms. The third-order valence-electron chi connectivity index (χ3n) is 5.26. The van der Waals surface area contributed by atoms with Crippen LogP contribution in [0.2, 0.25) is 5.02 Å². The first-order valence-corrected chi connectivity index (χ1v) is 13.0. The zero-order valence-corrected chi connectivity index (χ0v) is 22.4. The van der Waals surface area contributed by atoms with Gasteiger partial charge in [0.15, 0.2) is 9.84 Å². The van der Waals surface area contributed by atoms with E-state index in [1.807, 2.05) is 19.2 Å². The maximum Gasteiger partial charge on any atom is 0.261 e. The Morgan fingerprint density at radius 3 is 2.36 bits per heavy atom. The first kappa shape index (κ1) is 28.8. The summed E-state index contributed by atoms with van der Waals surface area (Å²) in [6.07, 6.45) is 1.51. The summed E-state index contributed by atoms with van der Waals surface area (Å²) >= 11 is 6.37. The van der Waals surface area contributed by atoms with Crippen molar-refractivity contribution < 1.29 is 13.2 Å². The molecule has 0 amide bonds. The second-order valence-electron chi connectivity index (χ2n) is 8.20. The number of rotatable bonds is 10. The standard InChI is InChI=1S/C26H32ClN5O3S/c1-16(2)36(33,34)22-10-8-21(9-11-22)17(3)14-31-18(4)25(28)26(32-29)35-19(5)23-12-7-20(15-30-6)13-24(23)27/h7-14,16,30H,3,5,15,28-29H2,1-2,4,6H3/b25-18-,31-14-,32-26-. The Labute approximate surface area is 218 Å². The summed E-state index contributed by atoms with van der Waals surface area (Å²) in [6.45, 7) is 13.5. The minimum Gasteiger partial charge on any atom is -0.436 e. The van der Waals surface area contributed by atoms with E-state index in [0.717, 1.165) is 5.56 Å². The van der Waals surface area contributed by atoms with Crippen molar-refractivity contribution in [3.63, 3.8) is 0 Å². The Bertz CT molecular complexity index is 1330. The molecule has 0 atom stereocenters. The minimum absolute atomic E-state index is 0.0705. The third kappa shape index (κ3) is 7.07. The van der Waals surface area contributed by atoms with Crippen molar-refractivity contribution >= 4 is 44.9 Å². The predicted molar refractivity (Wildman–Crippen MR) is 149 cm³/mol. The lowest BCUT2D eigenvalue weighted by Crippen LogP contribution is -2.18. The van der Waals surface area contributed by atoms with Gasteiger partial charge in [-0.3, -0.25) is 4.99 Å². The maximum absolute atomic E-state index is 12.3. The van der Waals surface area contributed by atoms with Gasteiger partial charge in [0.1, 0.15) is 11.5 Å². The number of hydrogen-bond donors (Lipinski definition) is 3. The van der Waals surface area contributed by atoms with Gasteiger partial charge in [-0.05, 0) is 68.8 Å². The van der Waals surface area contributed by atoms with Crippen LogP contribution >= 0.6 is 11.6 Å². The van der Waals surface area contributed by atoms with Crippen molar-refractivity contribution in [3.8, 4) is 0 Å². The number of benzene rings is 2. The molecule has 10 heteroatoms. The topological polar surface area (TPSA) is 132 Å². The number of allylic oxidation sites excluding steroid dienone is 2. The summed E-state index contributed by atoms with van der Waals surface area (Å²) < 4.78 is 30.3. The van der Waals surface area contributed by atoms with E-state index >= 15 is 0 Å². The molecule has 8 nitrogen and oxygen atoms in total. The second kappa shape index (κ2) is 12.5. The molecule has 0 saturated heterocycles. The fourth-order valence-electron chi connectivity index (χ4n) is 3.03. The summed E-state index contributed by atoms with van der Waals surface area (Å²) in [5, 5.41) is 6.64. The average Bonchev–Trinajstić information content (AvgIpc) is 2.85. The van der Waals surface area contributed by atoms with Gasteiger partial charge < -0.3 is 21.6 Å². The van der Waals surface area contributed by atoms with E-state index in [4.69, 9.17) is 27.9 Å². The lowest BCUT2D eigenvalue weighted by molar-refractivity contribution is 0.504. The van der Waals surface area contributed by atoms with Gasteiger partial charge in [0.25, 0.3) is 5.90 Å². The van der Waals surface area contributed by atoms with E-state index in [1.165, 1.54) is 6.21 Å². The van der Waals surface area contributed by atoms with Crippen LogP contribution in [0.4, 0.5) is 0 Å². The molecule has 0 saturated carbocycles. The van der Waals surface area contributed by atoms with Crippen LogP contribution in [0.1, 0.15) is 37.5 Å². The van der Waals surface area contributed by atoms with Crippen LogP contribution in [0.3, 0.4) is 0 Å². The Morgan fingerprint density at radius 1 is 1.19 bits per heavy atom. The third-order valence-corrected chi connectivity index (χ3v) is 7.74. The summed E-state index contributed by atoms with van der Waals surface area (Å²) in [5.74, 6) is 5.66. The fourth-order valence-corrected chi connectivity index (χ4v) is 4.39. The van der Waals surface area contributed by atoms with E-state index in [2.05, 4.69) is 28.6 Å². The van der Waals surface area contributed by atoms with Crippen molar-refractivity contribution in [2.24, 2.45) is 21.7 Å². The monoisotopic (exact) mass is 529 g/mol. The van der Waals surface area contributed by atoms with Crippen LogP contribution in [0.5, 0.6) is 0 Å². The van der Waals surface area contributed by atoms with Gasteiger partial charge in [0, 0.05) is 18.3 Å². The normalized spacial score (nSPS) is 13.1. The molecule has 2 aromatic carbocycles. The van der Waals surface area contributed by atoms with Gasteiger partial charge in [-0.15, -0.1) is 5.10 Å². The van der Waals surface area contributed by atoms with Crippen LogP contribution in [-0.2, 0) is 21.1 Å². The van der Waals surface area contributed by atoms with E-state index in [9.17, 15) is 8.42 Å². The fraction of sp³-hybridized carbons (Fsp3) is 0.231. The van der Waals surface area contributed by atoms with Gasteiger partial charge >= 0.3 is 0 Å². The molecule has 192 valence electrons. The average molecular weight is 530 g/mol. The molecule has 0 bridgehead atoms. The number of nitrogens with zero attached hydrogens (tertiary/aromatic N) is 2. The molecular weight excluding hydrogens is 498 g/mol. The zero-order chi connectivity index (χ0) is 27.0. The zero-order valence-electron chi connectivity index (χ0n) is 20.9. The highest BCUT2D eigenvalue weighted by molar-refractivity contribution is 7.92. The molecule has 5 N–H and O–H groups in total. The van der Waals surface area contributed by atoms with Gasteiger partial charge in [0.05, 0.1) is 20.9 Å². The van der Waals surface area contributed by atoms with Crippen molar-refractivity contribution in [2.45, 2.75) is 37.5 Å². The van der Waals surface area contributed by atoms with Crippen LogP contribution < -0.4 is 16.9 Å². The van der Waals surface area contributed by atoms with E-state index in [0.29, 0.717) is 34.0 Å². The van der Waals surface area contributed by atoms with Crippen LogP contribution in [0, 0.1) is 0 Å². The van der Waals surface area contributed by atoms with E-state index < -0.39 is 15.1 Å². The molecule has 0 heterocycles. The predicted octanol–water partition coefficient (Wildman–Crippen LogP) is 4.48. The first-order valence-electron chi connectivity index (χ1n) is 11.0. The highest BCUT2D eigenvalue weighted by atomic mass is 35.5. The second-order valence-corrected chi connectivity index (χ2v) is 11.1. The van der Waals surface area contributed by atoms with Gasteiger partial charge in [-0.25, -0.2) is 8.42 Å². The quantitative estimate of drug-likeness (QED) is 0.137. The SMILES string of the molecule is C=C(\C=N/C(C)=C(N)/C(=N/N)OC(=C)c1ccc(CNC)cc1Cl)c1ccc(S(=O)(=O)C(C)C)cc1. The highest BCUT2D eigenvalue weighted by Crippen LogP contribution is 2.26. The highest BCUT2D eigenvalue weighted by Gasteiger charge is 2.19. The van der Waals surface area contributed by atoms with Gasteiger partial charge in [-0.1, -0.05) is 43.0 Å². The molecule has 0 aromatic heterocycles. The molecule has 36 heavy (non-hydrogen) atoms. The smallest absolute Gasteiger partial charge is 0.261 e. The minimum atomic E-state index is -3.35. The lowest BCUT2D eigenvalue weighted by Gasteiger charge is -2.13. The molecule has 2 rings (SSSR count). The molecule has 0 aliphatic carbocycles. The van der Waals surface area contributed by atoms with Gasteiger partial charge in [0.2, 0.25) is 0 Å². The van der Waals surface area contributed by atoms with Crippen LogP contribution in [0.15, 0.2) is 82.0 Å². The Morgan fingerprint density at radius 2 is 1.83 bits per heavy atom. The van der Waals surface area contributed by atoms with Crippen molar-refractivity contribution in [1.29, 1.82) is 0 Å². The maximum atomic E-state index is 12.3. The number of hydrogen-bond acceptors (Lipinski definition) is 8. The largest absolute Gasteiger partial charge is 0.436 e. The first-order chi connectivity index (χ1) is 16.9. The summed E-state index contributed by atoms with van der Waals surface area (Å²) in [6, 6.07) is 12.0. The molecule has 0 aliphatic heterocycles. The van der Waals surface area contributed by atoms with Crippen molar-refractivity contribution in [2.75, 3.05) is 7.05 Å². The summed E-state index contributed by atoms with van der Waals surface area (Å²) in [4.78, 5) is 4.59. The number of hydrazone groups is 1. The van der Waals surface area contributed by atoms with E-state index in [1.54, 1.807) is 51.1 Å². The number of nitrogens with one attached hydrogen (secondary N) is 1.